The third-order valence-electron chi connectivity index (χ3n) is 3.48. The van der Waals surface area contributed by atoms with Gasteiger partial charge in [0.1, 0.15) is 12.4 Å². The maximum Gasteiger partial charge on any atom is 0.310 e. The Hall–Kier alpha value is -2.30. The maximum atomic E-state index is 12.6. The van der Waals surface area contributed by atoms with Crippen molar-refractivity contribution < 1.29 is 19.1 Å². The molecule has 0 bridgehead atoms. The summed E-state index contributed by atoms with van der Waals surface area (Å²) in [7, 11) is 1.37. The molecule has 2 rings (SSSR count). The Kier molecular flexibility index (Phi) is 4.98. The molecular formula is C16H19NO4. The predicted molar refractivity (Wildman–Crippen MR) is 78.2 cm³/mol. The van der Waals surface area contributed by atoms with Crippen LogP contribution in [0, 0.1) is 5.92 Å². The van der Waals surface area contributed by atoms with Crippen LogP contribution in [0.5, 0.6) is 5.75 Å². The van der Waals surface area contributed by atoms with Crippen LogP contribution in [0.2, 0.25) is 0 Å². The topological polar surface area (TPSA) is 55.8 Å². The number of amides is 1. The summed E-state index contributed by atoms with van der Waals surface area (Å²) in [6.07, 6.45) is 2.26. The van der Waals surface area contributed by atoms with E-state index >= 15 is 0 Å². The van der Waals surface area contributed by atoms with Crippen molar-refractivity contribution in [3.05, 3.63) is 42.5 Å². The minimum atomic E-state index is -0.263. The Morgan fingerprint density at radius 1 is 1.43 bits per heavy atom. The molecule has 5 nitrogen and oxygen atoms in total. The van der Waals surface area contributed by atoms with Crippen LogP contribution in [-0.2, 0) is 9.53 Å². The van der Waals surface area contributed by atoms with Gasteiger partial charge >= 0.3 is 5.97 Å². The second kappa shape index (κ2) is 6.92. The van der Waals surface area contributed by atoms with Gasteiger partial charge in [-0.15, -0.1) is 0 Å². The molecule has 1 fully saturated rings. The van der Waals surface area contributed by atoms with Gasteiger partial charge < -0.3 is 14.4 Å². The standard InChI is InChI=1S/C16H19NO4/c1-3-10-21-14-7-5-4-6-13(14)15(18)17-9-8-12(11-17)16(19)20-2/h3-7,12H,1,8-11H2,2H3. The number of nitrogens with zero attached hydrogens (tertiary/aromatic N) is 1. The van der Waals surface area contributed by atoms with Crippen molar-refractivity contribution in [1.29, 1.82) is 0 Å². The van der Waals surface area contributed by atoms with Crippen molar-refractivity contribution in [3.63, 3.8) is 0 Å². The molecule has 1 aromatic rings. The van der Waals surface area contributed by atoms with Crippen LogP contribution in [0.3, 0.4) is 0 Å². The van der Waals surface area contributed by atoms with Crippen molar-refractivity contribution in [2.24, 2.45) is 5.92 Å². The lowest BCUT2D eigenvalue weighted by atomic mass is 10.1. The molecular weight excluding hydrogens is 270 g/mol. The minimum Gasteiger partial charge on any atom is -0.489 e. The van der Waals surface area contributed by atoms with E-state index in [0.717, 1.165) is 0 Å². The number of methoxy groups -OCH3 is 1. The molecule has 1 aliphatic rings. The summed E-state index contributed by atoms with van der Waals surface area (Å²) in [6.45, 7) is 4.88. The smallest absolute Gasteiger partial charge is 0.310 e. The van der Waals surface area contributed by atoms with E-state index in [1.54, 1.807) is 29.2 Å². The van der Waals surface area contributed by atoms with E-state index in [4.69, 9.17) is 9.47 Å². The fourth-order valence-corrected chi connectivity index (χ4v) is 2.39. The third kappa shape index (κ3) is 3.42. The molecule has 112 valence electrons. The number of hydrogen-bond donors (Lipinski definition) is 0. The van der Waals surface area contributed by atoms with Gasteiger partial charge in [-0.3, -0.25) is 9.59 Å². The Morgan fingerprint density at radius 3 is 2.90 bits per heavy atom. The van der Waals surface area contributed by atoms with Crippen molar-refractivity contribution in [2.75, 3.05) is 26.8 Å². The summed E-state index contributed by atoms with van der Waals surface area (Å²) < 4.78 is 10.2. The summed E-state index contributed by atoms with van der Waals surface area (Å²) in [5, 5.41) is 0. The normalized spacial score (nSPS) is 17.4. The molecule has 1 aliphatic heterocycles. The predicted octanol–water partition coefficient (Wildman–Crippen LogP) is 1.89. The number of hydrogen-bond acceptors (Lipinski definition) is 4. The zero-order valence-electron chi connectivity index (χ0n) is 12.1. The number of benzene rings is 1. The lowest BCUT2D eigenvalue weighted by Gasteiger charge is -2.18. The van der Waals surface area contributed by atoms with E-state index in [2.05, 4.69) is 6.58 Å². The summed E-state index contributed by atoms with van der Waals surface area (Å²) >= 11 is 0. The summed E-state index contributed by atoms with van der Waals surface area (Å²) in [4.78, 5) is 25.8. The fraction of sp³-hybridized carbons (Fsp3) is 0.375. The van der Waals surface area contributed by atoms with Gasteiger partial charge in [-0.2, -0.15) is 0 Å². The lowest BCUT2D eigenvalue weighted by molar-refractivity contribution is -0.144. The highest BCUT2D eigenvalue weighted by molar-refractivity contribution is 5.97. The fourth-order valence-electron chi connectivity index (χ4n) is 2.39. The van der Waals surface area contributed by atoms with Gasteiger partial charge in [0.05, 0.1) is 18.6 Å². The van der Waals surface area contributed by atoms with Crippen molar-refractivity contribution in [1.82, 2.24) is 4.90 Å². The molecule has 0 radical (unpaired) electrons. The largest absolute Gasteiger partial charge is 0.489 e. The van der Waals surface area contributed by atoms with Gasteiger partial charge in [-0.1, -0.05) is 24.8 Å². The monoisotopic (exact) mass is 289 g/mol. The van der Waals surface area contributed by atoms with Crippen LogP contribution in [0.15, 0.2) is 36.9 Å². The third-order valence-corrected chi connectivity index (χ3v) is 3.48. The van der Waals surface area contributed by atoms with Crippen molar-refractivity contribution in [3.8, 4) is 5.75 Å². The van der Waals surface area contributed by atoms with Gasteiger partial charge in [-0.25, -0.2) is 0 Å². The second-order valence-electron chi connectivity index (χ2n) is 4.86. The number of ether oxygens (including phenoxy) is 2. The van der Waals surface area contributed by atoms with Crippen molar-refractivity contribution >= 4 is 11.9 Å². The van der Waals surface area contributed by atoms with Gasteiger partial charge in [0.25, 0.3) is 5.91 Å². The van der Waals surface area contributed by atoms with E-state index in [-0.39, 0.29) is 17.8 Å². The molecule has 1 aromatic carbocycles. The van der Waals surface area contributed by atoms with Crippen LogP contribution in [0.25, 0.3) is 0 Å². The molecule has 1 heterocycles. The van der Waals surface area contributed by atoms with Gasteiger partial charge in [0.2, 0.25) is 0 Å². The van der Waals surface area contributed by atoms with Crippen molar-refractivity contribution in [2.45, 2.75) is 6.42 Å². The average molecular weight is 289 g/mol. The number of carbonyl (C=O) groups is 2. The average Bonchev–Trinajstić information content (AvgIpc) is 3.01. The van der Waals surface area contributed by atoms with E-state index in [1.807, 2.05) is 6.07 Å². The molecule has 0 aromatic heterocycles. The van der Waals surface area contributed by atoms with Gasteiger partial charge in [0.15, 0.2) is 0 Å². The highest BCUT2D eigenvalue weighted by Gasteiger charge is 2.32. The Bertz CT molecular complexity index is 541. The van der Waals surface area contributed by atoms with E-state index in [1.165, 1.54) is 7.11 Å². The zero-order chi connectivity index (χ0) is 15.2. The van der Waals surface area contributed by atoms with E-state index in [0.29, 0.717) is 37.4 Å². The highest BCUT2D eigenvalue weighted by Crippen LogP contribution is 2.24. The molecule has 5 heteroatoms. The minimum absolute atomic E-state index is 0.124. The summed E-state index contributed by atoms with van der Waals surface area (Å²) in [5.74, 6) is -0.0910. The first-order valence-corrected chi connectivity index (χ1v) is 6.87. The molecule has 1 saturated heterocycles. The lowest BCUT2D eigenvalue weighted by Crippen LogP contribution is -2.30. The highest BCUT2D eigenvalue weighted by atomic mass is 16.5. The Balaban J connectivity index is 2.10. The van der Waals surface area contributed by atoms with Gasteiger partial charge in [0, 0.05) is 13.1 Å². The molecule has 0 N–H and O–H groups in total. The van der Waals surface area contributed by atoms with Crippen LogP contribution in [-0.4, -0.2) is 43.6 Å². The number of carbonyl (C=O) groups excluding carboxylic acids is 2. The van der Waals surface area contributed by atoms with Crippen LogP contribution in [0.4, 0.5) is 0 Å². The molecule has 0 saturated carbocycles. The molecule has 1 unspecified atom stereocenters. The van der Waals surface area contributed by atoms with Crippen LogP contribution >= 0.6 is 0 Å². The molecule has 1 atom stereocenters. The second-order valence-corrected chi connectivity index (χ2v) is 4.86. The SMILES string of the molecule is C=CCOc1ccccc1C(=O)N1CCC(C(=O)OC)C1. The van der Waals surface area contributed by atoms with Gasteiger partial charge in [-0.05, 0) is 18.6 Å². The number of likely N-dealkylation sites (tertiary alicyclic amines) is 1. The first-order valence-electron chi connectivity index (χ1n) is 6.87. The molecule has 0 aliphatic carbocycles. The van der Waals surface area contributed by atoms with E-state index < -0.39 is 0 Å². The van der Waals surface area contributed by atoms with E-state index in [9.17, 15) is 9.59 Å². The number of para-hydroxylation sites is 1. The molecule has 0 spiro atoms. The molecule has 1 amide bonds. The van der Waals surface area contributed by atoms with Crippen LogP contribution in [0.1, 0.15) is 16.8 Å². The first kappa shape index (κ1) is 15.1. The molecule has 21 heavy (non-hydrogen) atoms. The number of esters is 1. The quantitative estimate of drug-likeness (QED) is 0.613. The zero-order valence-corrected chi connectivity index (χ0v) is 12.1. The first-order chi connectivity index (χ1) is 10.2. The maximum absolute atomic E-state index is 12.6. The van der Waals surface area contributed by atoms with Crippen LogP contribution < -0.4 is 4.74 Å². The summed E-state index contributed by atoms with van der Waals surface area (Å²) in [5.41, 5.74) is 0.505. The summed E-state index contributed by atoms with van der Waals surface area (Å²) in [6, 6.07) is 7.09. The Morgan fingerprint density at radius 2 is 2.19 bits per heavy atom. The number of rotatable bonds is 5. The Labute approximate surface area is 124 Å².